The van der Waals surface area contributed by atoms with Gasteiger partial charge in [-0.2, -0.15) is 0 Å². The van der Waals surface area contributed by atoms with E-state index in [0.29, 0.717) is 5.02 Å². The Labute approximate surface area is 186 Å². The van der Waals surface area contributed by atoms with Gasteiger partial charge in [-0.05, 0) is 42.5 Å². The van der Waals surface area contributed by atoms with Crippen LogP contribution >= 0.6 is 11.6 Å². The summed E-state index contributed by atoms with van der Waals surface area (Å²) < 4.78 is 21.5. The van der Waals surface area contributed by atoms with Crippen molar-refractivity contribution in [2.24, 2.45) is 0 Å². The zero-order valence-electron chi connectivity index (χ0n) is 16.7. The molecular weight excluding hydrogens is 438 g/mol. The molecular formula is C23H16ClNO7. The number of benzene rings is 2. The third-order valence-electron chi connectivity index (χ3n) is 4.51. The van der Waals surface area contributed by atoms with Gasteiger partial charge in [0.05, 0.1) is 30.0 Å². The number of nitrogens with one attached hydrogen (secondary N) is 1. The molecule has 0 unspecified atom stereocenters. The van der Waals surface area contributed by atoms with Crippen molar-refractivity contribution >= 4 is 40.1 Å². The Morgan fingerprint density at radius 3 is 2.66 bits per heavy atom. The number of hydrogen-bond acceptors (Lipinski definition) is 7. The third kappa shape index (κ3) is 4.21. The smallest absolute Gasteiger partial charge is 0.339 e. The Kier molecular flexibility index (Phi) is 5.96. The first kappa shape index (κ1) is 21.2. The van der Waals surface area contributed by atoms with Crippen LogP contribution in [0.15, 0.2) is 74.5 Å². The number of amides is 1. The van der Waals surface area contributed by atoms with E-state index in [1.54, 1.807) is 42.5 Å². The number of methoxy groups -OCH3 is 1. The molecule has 0 fully saturated rings. The van der Waals surface area contributed by atoms with Crippen molar-refractivity contribution in [1.29, 1.82) is 0 Å². The summed E-state index contributed by atoms with van der Waals surface area (Å²) in [5.41, 5.74) is 0.202. The molecule has 2 aromatic heterocycles. The number of halogens is 1. The molecule has 2 aromatic carbocycles. The van der Waals surface area contributed by atoms with Gasteiger partial charge in [-0.15, -0.1) is 0 Å². The number of furan rings is 1. The number of carbonyl (C=O) groups is 2. The van der Waals surface area contributed by atoms with Gasteiger partial charge < -0.3 is 23.6 Å². The molecule has 162 valence electrons. The predicted octanol–water partition coefficient (Wildman–Crippen LogP) is 4.51. The highest BCUT2D eigenvalue weighted by molar-refractivity contribution is 6.31. The van der Waals surface area contributed by atoms with Gasteiger partial charge in [-0.1, -0.05) is 23.7 Å². The molecule has 9 heteroatoms. The van der Waals surface area contributed by atoms with E-state index >= 15 is 0 Å². The number of fused-ring (bicyclic) bond motifs is 1. The zero-order chi connectivity index (χ0) is 22.7. The van der Waals surface area contributed by atoms with Crippen LogP contribution in [0.5, 0.6) is 5.75 Å². The number of anilines is 1. The summed E-state index contributed by atoms with van der Waals surface area (Å²) in [5, 5.41) is 3.11. The Morgan fingerprint density at radius 1 is 1.09 bits per heavy atom. The first-order valence-electron chi connectivity index (χ1n) is 9.38. The number of carbonyl (C=O) groups excluding carboxylic acids is 2. The minimum absolute atomic E-state index is 0.0394. The highest BCUT2D eigenvalue weighted by atomic mass is 35.5. The fraction of sp³-hybridized carbons (Fsp3) is 0.0870. The Balaban J connectivity index is 1.64. The van der Waals surface area contributed by atoms with E-state index in [4.69, 9.17) is 29.9 Å². The van der Waals surface area contributed by atoms with Crippen LogP contribution in [0.3, 0.4) is 0 Å². The number of hydrogen-bond donors (Lipinski definition) is 1. The number of rotatable bonds is 6. The third-order valence-corrected chi connectivity index (χ3v) is 4.74. The van der Waals surface area contributed by atoms with E-state index in [2.05, 4.69) is 5.32 Å². The van der Waals surface area contributed by atoms with Crippen LogP contribution in [0.1, 0.15) is 10.4 Å². The van der Waals surface area contributed by atoms with Crippen LogP contribution in [0.2, 0.25) is 5.02 Å². The SMILES string of the molecule is COC(=O)c1ccccc1NC(=O)COc1c(-c2ccco2)oc2ccc(Cl)cc2c1=O. The average molecular weight is 454 g/mol. The minimum atomic E-state index is -0.603. The van der Waals surface area contributed by atoms with E-state index in [1.165, 1.54) is 25.5 Å². The Bertz CT molecular complexity index is 1360. The van der Waals surface area contributed by atoms with E-state index in [0.717, 1.165) is 0 Å². The lowest BCUT2D eigenvalue weighted by atomic mass is 10.2. The van der Waals surface area contributed by atoms with Gasteiger partial charge in [0.2, 0.25) is 16.9 Å². The largest absolute Gasteiger partial charge is 0.476 e. The number of esters is 1. The molecule has 0 aliphatic heterocycles. The number of para-hydroxylation sites is 1. The summed E-state index contributed by atoms with van der Waals surface area (Å²) in [6.45, 7) is -0.528. The van der Waals surface area contributed by atoms with Gasteiger partial charge in [0.25, 0.3) is 5.91 Å². The lowest BCUT2D eigenvalue weighted by Gasteiger charge is -2.12. The topological polar surface area (TPSA) is 108 Å². The molecule has 4 aromatic rings. The first-order chi connectivity index (χ1) is 15.5. The van der Waals surface area contributed by atoms with Gasteiger partial charge in [0.1, 0.15) is 5.58 Å². The highest BCUT2D eigenvalue weighted by Gasteiger charge is 2.21. The monoisotopic (exact) mass is 453 g/mol. The maximum Gasteiger partial charge on any atom is 0.339 e. The highest BCUT2D eigenvalue weighted by Crippen LogP contribution is 2.32. The van der Waals surface area contributed by atoms with Crippen LogP contribution in [0, 0.1) is 0 Å². The van der Waals surface area contributed by atoms with Crippen LogP contribution in [-0.4, -0.2) is 25.6 Å². The molecule has 1 N–H and O–H groups in total. The summed E-state index contributed by atoms with van der Waals surface area (Å²) in [4.78, 5) is 37.5. The van der Waals surface area contributed by atoms with Crippen LogP contribution < -0.4 is 15.5 Å². The quantitative estimate of drug-likeness (QED) is 0.428. The lowest BCUT2D eigenvalue weighted by Crippen LogP contribution is -2.23. The van der Waals surface area contributed by atoms with E-state index in [-0.39, 0.29) is 39.5 Å². The first-order valence-corrected chi connectivity index (χ1v) is 9.76. The fourth-order valence-electron chi connectivity index (χ4n) is 3.06. The molecule has 0 spiro atoms. The van der Waals surface area contributed by atoms with Crippen molar-refractivity contribution in [3.63, 3.8) is 0 Å². The van der Waals surface area contributed by atoms with Gasteiger partial charge in [-0.3, -0.25) is 9.59 Å². The second-order valence-corrected chi connectivity index (χ2v) is 7.02. The summed E-state index contributed by atoms with van der Waals surface area (Å²) in [6, 6.07) is 14.2. The normalized spacial score (nSPS) is 10.7. The number of ether oxygens (including phenoxy) is 2. The molecule has 8 nitrogen and oxygen atoms in total. The van der Waals surface area contributed by atoms with Gasteiger partial charge in [-0.25, -0.2) is 4.79 Å². The molecule has 0 aliphatic rings. The molecule has 0 atom stereocenters. The maximum absolute atomic E-state index is 13.1. The average Bonchev–Trinajstić information content (AvgIpc) is 3.33. The molecule has 2 heterocycles. The lowest BCUT2D eigenvalue weighted by molar-refractivity contribution is -0.118. The predicted molar refractivity (Wildman–Crippen MR) is 117 cm³/mol. The van der Waals surface area contributed by atoms with Crippen molar-refractivity contribution in [3.8, 4) is 17.3 Å². The van der Waals surface area contributed by atoms with Crippen molar-refractivity contribution < 1.29 is 27.9 Å². The van der Waals surface area contributed by atoms with E-state index in [1.807, 2.05) is 0 Å². The van der Waals surface area contributed by atoms with E-state index in [9.17, 15) is 14.4 Å². The molecule has 0 bridgehead atoms. The Hall–Kier alpha value is -4.04. The maximum atomic E-state index is 13.1. The molecule has 0 radical (unpaired) electrons. The molecule has 0 saturated carbocycles. The van der Waals surface area contributed by atoms with Crippen molar-refractivity contribution in [2.75, 3.05) is 19.0 Å². The van der Waals surface area contributed by atoms with Crippen molar-refractivity contribution in [1.82, 2.24) is 0 Å². The fourth-order valence-corrected chi connectivity index (χ4v) is 3.23. The summed E-state index contributed by atoms with van der Waals surface area (Å²) in [5.74, 6) is -1.11. The van der Waals surface area contributed by atoms with Crippen molar-refractivity contribution in [2.45, 2.75) is 0 Å². The summed E-state index contributed by atoms with van der Waals surface area (Å²) in [7, 11) is 1.24. The molecule has 0 saturated heterocycles. The second kappa shape index (κ2) is 8.99. The standard InChI is InChI=1S/C23H16ClNO7/c1-29-23(28)14-5-2-3-6-16(14)25-19(26)12-31-22-20(27)15-11-13(24)8-9-17(15)32-21(22)18-7-4-10-30-18/h2-11H,12H2,1H3,(H,25,26). The Morgan fingerprint density at radius 2 is 1.91 bits per heavy atom. The zero-order valence-corrected chi connectivity index (χ0v) is 17.5. The molecule has 1 amide bonds. The summed E-state index contributed by atoms with van der Waals surface area (Å²) in [6.07, 6.45) is 1.42. The molecule has 0 aliphatic carbocycles. The van der Waals surface area contributed by atoms with Gasteiger partial charge in [0, 0.05) is 5.02 Å². The molecule has 4 rings (SSSR count). The van der Waals surface area contributed by atoms with Gasteiger partial charge in [0.15, 0.2) is 12.4 Å². The molecule has 32 heavy (non-hydrogen) atoms. The van der Waals surface area contributed by atoms with Crippen LogP contribution in [0.4, 0.5) is 5.69 Å². The second-order valence-electron chi connectivity index (χ2n) is 6.58. The van der Waals surface area contributed by atoms with Crippen LogP contribution in [0.25, 0.3) is 22.5 Å². The van der Waals surface area contributed by atoms with Crippen LogP contribution in [-0.2, 0) is 9.53 Å². The minimum Gasteiger partial charge on any atom is -0.476 e. The van der Waals surface area contributed by atoms with Gasteiger partial charge >= 0.3 is 5.97 Å². The van der Waals surface area contributed by atoms with E-state index < -0.39 is 23.9 Å². The summed E-state index contributed by atoms with van der Waals surface area (Å²) >= 11 is 6.01. The van der Waals surface area contributed by atoms with Crippen molar-refractivity contribution in [3.05, 3.63) is 81.7 Å².